The van der Waals surface area contributed by atoms with Gasteiger partial charge in [0.15, 0.2) is 0 Å². The third-order valence-corrected chi connectivity index (χ3v) is 4.98. The lowest BCUT2D eigenvalue weighted by Crippen LogP contribution is -2.52. The number of hydrogen-bond acceptors (Lipinski definition) is 4. The molecule has 1 amide bonds. The Balaban J connectivity index is 1.77. The molecule has 0 aromatic heterocycles. The molecule has 3 rings (SSSR count). The average Bonchev–Trinajstić information content (AvgIpc) is 3.01. The van der Waals surface area contributed by atoms with Crippen molar-refractivity contribution in [2.24, 2.45) is 0 Å². The second-order valence-electron chi connectivity index (χ2n) is 6.54. The summed E-state index contributed by atoms with van der Waals surface area (Å²) < 4.78 is 18.6. The van der Waals surface area contributed by atoms with E-state index in [1.165, 1.54) is 12.1 Å². The molecule has 2 saturated heterocycles. The van der Waals surface area contributed by atoms with Gasteiger partial charge in [0.2, 0.25) is 5.91 Å². The molecule has 2 aliphatic rings. The van der Waals surface area contributed by atoms with Gasteiger partial charge in [0.1, 0.15) is 5.82 Å². The van der Waals surface area contributed by atoms with E-state index in [2.05, 4.69) is 10.6 Å². The molecule has 0 radical (unpaired) electrons. The maximum absolute atomic E-state index is 13.2. The van der Waals surface area contributed by atoms with Crippen molar-refractivity contribution in [1.29, 1.82) is 0 Å². The van der Waals surface area contributed by atoms with Crippen molar-refractivity contribution in [3.8, 4) is 0 Å². The molecule has 1 atom stereocenters. The second kappa shape index (κ2) is 6.55. The maximum atomic E-state index is 13.2. The number of carbonyl (C=O) groups excluding carboxylic acids is 1. The van der Waals surface area contributed by atoms with Gasteiger partial charge < -0.3 is 20.5 Å². The zero-order valence-electron chi connectivity index (χ0n) is 13.1. The molecule has 2 heterocycles. The molecule has 126 valence electrons. The summed E-state index contributed by atoms with van der Waals surface area (Å²) in [6.07, 6.45) is 1.74. The summed E-state index contributed by atoms with van der Waals surface area (Å²) >= 11 is 0. The number of nitrogens with one attached hydrogen (secondary N) is 2. The highest BCUT2D eigenvalue weighted by Crippen LogP contribution is 2.35. The Hall–Kier alpha value is -1.50. The van der Waals surface area contributed by atoms with E-state index in [1.807, 2.05) is 0 Å². The minimum Gasteiger partial charge on any atom is -0.387 e. The molecule has 2 aliphatic heterocycles. The van der Waals surface area contributed by atoms with Gasteiger partial charge in [0, 0.05) is 26.3 Å². The van der Waals surface area contributed by atoms with Crippen molar-refractivity contribution in [2.75, 3.05) is 32.8 Å². The third kappa shape index (κ3) is 3.39. The van der Waals surface area contributed by atoms with Crippen LogP contribution in [0.3, 0.4) is 0 Å². The first kappa shape index (κ1) is 16.4. The van der Waals surface area contributed by atoms with Gasteiger partial charge in [-0.25, -0.2) is 4.39 Å². The molecular weight excluding hydrogens is 299 g/mol. The minimum absolute atomic E-state index is 0.118. The zero-order valence-corrected chi connectivity index (χ0v) is 13.1. The molecular formula is C17H23FN2O3. The minimum atomic E-state index is -0.884. The Bertz CT molecular complexity index is 549. The highest BCUT2D eigenvalue weighted by Gasteiger charge is 2.42. The van der Waals surface area contributed by atoms with E-state index >= 15 is 0 Å². The highest BCUT2D eigenvalue weighted by atomic mass is 19.1. The van der Waals surface area contributed by atoms with E-state index in [-0.39, 0.29) is 18.3 Å². The van der Waals surface area contributed by atoms with Crippen LogP contribution < -0.4 is 10.6 Å². The van der Waals surface area contributed by atoms with Crippen LogP contribution in [0.4, 0.5) is 4.39 Å². The van der Waals surface area contributed by atoms with Crippen molar-refractivity contribution >= 4 is 5.91 Å². The topological polar surface area (TPSA) is 70.6 Å². The summed E-state index contributed by atoms with van der Waals surface area (Å²) in [5.41, 5.74) is -0.796. The Morgan fingerprint density at radius 3 is 2.57 bits per heavy atom. The van der Waals surface area contributed by atoms with Gasteiger partial charge in [0.05, 0.1) is 11.0 Å². The molecule has 0 unspecified atom stereocenters. The summed E-state index contributed by atoms with van der Waals surface area (Å²) in [6.45, 7) is 2.46. The Kier molecular flexibility index (Phi) is 4.66. The smallest absolute Gasteiger partial charge is 0.230 e. The molecule has 5 nitrogen and oxygen atoms in total. The van der Waals surface area contributed by atoms with Crippen LogP contribution in [0.25, 0.3) is 0 Å². The zero-order chi connectivity index (χ0) is 16.3. The van der Waals surface area contributed by atoms with Crippen LogP contribution in [-0.2, 0) is 14.9 Å². The van der Waals surface area contributed by atoms with Crippen LogP contribution in [-0.4, -0.2) is 49.5 Å². The van der Waals surface area contributed by atoms with Gasteiger partial charge in [-0.3, -0.25) is 4.79 Å². The highest BCUT2D eigenvalue weighted by molar-refractivity contribution is 5.88. The van der Waals surface area contributed by atoms with Gasteiger partial charge in [-0.2, -0.15) is 0 Å². The van der Waals surface area contributed by atoms with E-state index in [0.717, 1.165) is 12.1 Å². The second-order valence-corrected chi connectivity index (χ2v) is 6.54. The first-order valence-corrected chi connectivity index (χ1v) is 8.09. The van der Waals surface area contributed by atoms with Gasteiger partial charge in [-0.05, 0) is 43.5 Å². The van der Waals surface area contributed by atoms with Gasteiger partial charge in [0.25, 0.3) is 0 Å². The summed E-state index contributed by atoms with van der Waals surface area (Å²) in [5.74, 6) is -0.435. The summed E-state index contributed by atoms with van der Waals surface area (Å²) in [6, 6.07) is 6.11. The fraction of sp³-hybridized carbons (Fsp3) is 0.588. The van der Waals surface area contributed by atoms with Gasteiger partial charge in [-0.15, -0.1) is 0 Å². The molecule has 0 aliphatic carbocycles. The maximum Gasteiger partial charge on any atom is 0.230 e. The number of halogens is 1. The van der Waals surface area contributed by atoms with E-state index in [9.17, 15) is 14.3 Å². The van der Waals surface area contributed by atoms with E-state index in [0.29, 0.717) is 39.0 Å². The molecule has 0 spiro atoms. The molecule has 2 fully saturated rings. The van der Waals surface area contributed by atoms with Crippen molar-refractivity contribution in [1.82, 2.24) is 10.6 Å². The molecule has 6 heteroatoms. The fourth-order valence-corrected chi connectivity index (χ4v) is 3.43. The van der Waals surface area contributed by atoms with Crippen molar-refractivity contribution in [2.45, 2.75) is 30.3 Å². The number of carbonyl (C=O) groups is 1. The van der Waals surface area contributed by atoms with Crippen LogP contribution in [0.5, 0.6) is 0 Å². The standard InChI is InChI=1S/C17H23FN2O3/c18-14-3-1-13(2-4-14)17(6-9-23-10-7-17)15(21)20-12-16(22)5-8-19-11-16/h1-4,19,22H,5-12H2,(H,20,21)/t16-/m0/s1. The molecule has 0 saturated carbocycles. The number of aliphatic hydroxyl groups is 1. The number of hydrogen-bond donors (Lipinski definition) is 3. The van der Waals surface area contributed by atoms with Crippen LogP contribution in [0.15, 0.2) is 24.3 Å². The largest absolute Gasteiger partial charge is 0.387 e. The fourth-order valence-electron chi connectivity index (χ4n) is 3.43. The quantitative estimate of drug-likeness (QED) is 0.764. The van der Waals surface area contributed by atoms with Crippen LogP contribution in [0.2, 0.25) is 0 Å². The van der Waals surface area contributed by atoms with Crippen molar-refractivity contribution in [3.63, 3.8) is 0 Å². The molecule has 0 bridgehead atoms. The summed E-state index contributed by atoms with van der Waals surface area (Å²) in [7, 11) is 0. The lowest BCUT2D eigenvalue weighted by Gasteiger charge is -2.37. The molecule has 3 N–H and O–H groups in total. The number of ether oxygens (including phenoxy) is 1. The SMILES string of the molecule is O=C(NC[C@]1(O)CCNC1)C1(c2ccc(F)cc2)CCOCC1. The molecule has 1 aromatic carbocycles. The lowest BCUT2D eigenvalue weighted by molar-refractivity contribution is -0.131. The number of amides is 1. The van der Waals surface area contributed by atoms with Gasteiger partial charge >= 0.3 is 0 Å². The monoisotopic (exact) mass is 322 g/mol. The Morgan fingerprint density at radius 1 is 1.26 bits per heavy atom. The molecule has 23 heavy (non-hydrogen) atoms. The number of β-amino-alcohol motifs (C(OH)–C–C–N with tert-alkyl or cyclic N) is 1. The molecule has 1 aromatic rings. The summed E-state index contributed by atoms with van der Waals surface area (Å²) in [4.78, 5) is 12.9. The summed E-state index contributed by atoms with van der Waals surface area (Å²) in [5, 5.41) is 16.4. The average molecular weight is 322 g/mol. The first-order valence-electron chi connectivity index (χ1n) is 8.09. The van der Waals surface area contributed by atoms with Crippen molar-refractivity contribution < 1.29 is 19.0 Å². The van der Waals surface area contributed by atoms with E-state index in [4.69, 9.17) is 4.74 Å². The Labute approximate surface area is 135 Å². The first-order chi connectivity index (χ1) is 11.0. The van der Waals surface area contributed by atoms with E-state index in [1.54, 1.807) is 12.1 Å². The Morgan fingerprint density at radius 2 is 1.96 bits per heavy atom. The predicted molar refractivity (Wildman–Crippen MR) is 83.6 cm³/mol. The van der Waals surface area contributed by atoms with Crippen LogP contribution in [0.1, 0.15) is 24.8 Å². The van der Waals surface area contributed by atoms with Crippen LogP contribution >= 0.6 is 0 Å². The number of benzene rings is 1. The van der Waals surface area contributed by atoms with E-state index < -0.39 is 11.0 Å². The number of rotatable bonds is 4. The van der Waals surface area contributed by atoms with Crippen LogP contribution in [0, 0.1) is 5.82 Å². The predicted octanol–water partition coefficient (Wildman–Crippen LogP) is 0.714. The lowest BCUT2D eigenvalue weighted by atomic mass is 9.73. The third-order valence-electron chi connectivity index (χ3n) is 4.98. The van der Waals surface area contributed by atoms with Crippen molar-refractivity contribution in [3.05, 3.63) is 35.6 Å². The normalized spacial score (nSPS) is 26.9. The van der Waals surface area contributed by atoms with Gasteiger partial charge in [-0.1, -0.05) is 12.1 Å².